The zero-order valence-electron chi connectivity index (χ0n) is 15.0. The Morgan fingerprint density at radius 1 is 1.07 bits per heavy atom. The first kappa shape index (κ1) is 17.7. The maximum atomic E-state index is 13.2. The van der Waals surface area contributed by atoms with Crippen LogP contribution in [-0.4, -0.2) is 24.1 Å². The second kappa shape index (κ2) is 6.78. The number of fused-ring (bicyclic) bond motifs is 3. The summed E-state index contributed by atoms with van der Waals surface area (Å²) in [6, 6.07) is 14.7. The van der Waals surface area contributed by atoms with E-state index in [1.54, 1.807) is 26.0 Å². The van der Waals surface area contributed by atoms with Gasteiger partial charge in [0.25, 0.3) is 0 Å². The third-order valence-electron chi connectivity index (χ3n) is 5.09. The van der Waals surface area contributed by atoms with E-state index < -0.39 is 17.8 Å². The van der Waals surface area contributed by atoms with Crippen LogP contribution >= 0.6 is 11.6 Å². The smallest absolute Gasteiger partial charge is 0.336 e. The molecule has 27 heavy (non-hydrogen) atoms. The number of benzene rings is 2. The lowest BCUT2D eigenvalue weighted by molar-refractivity contribution is -0.139. The van der Waals surface area contributed by atoms with Gasteiger partial charge < -0.3 is 4.74 Å². The molecule has 4 nitrogen and oxygen atoms in total. The molecule has 0 amide bonds. The fourth-order valence-electron chi connectivity index (χ4n) is 3.96. The molecule has 0 bridgehead atoms. The van der Waals surface area contributed by atoms with Gasteiger partial charge in [-0.15, -0.1) is 0 Å². The minimum atomic E-state index is -0.535. The van der Waals surface area contributed by atoms with Crippen molar-refractivity contribution in [3.8, 4) is 0 Å². The molecule has 2 atom stereocenters. The third-order valence-corrected chi connectivity index (χ3v) is 5.34. The highest BCUT2D eigenvalue weighted by Crippen LogP contribution is 2.46. The quantitative estimate of drug-likeness (QED) is 0.733. The minimum absolute atomic E-state index is 0.0152. The van der Waals surface area contributed by atoms with Crippen LogP contribution in [0.4, 0.5) is 0 Å². The summed E-state index contributed by atoms with van der Waals surface area (Å²) in [6.07, 6.45) is 0. The van der Waals surface area contributed by atoms with Crippen LogP contribution in [0.2, 0.25) is 5.02 Å². The Morgan fingerprint density at radius 3 is 2.41 bits per heavy atom. The highest BCUT2D eigenvalue weighted by atomic mass is 35.5. The highest BCUT2D eigenvalue weighted by molar-refractivity contribution is 6.31. The number of ether oxygens (including phenoxy) is 1. The van der Waals surface area contributed by atoms with Crippen LogP contribution in [0.5, 0.6) is 0 Å². The molecule has 0 saturated carbocycles. The predicted octanol–water partition coefficient (Wildman–Crippen LogP) is 4.58. The Kier molecular flexibility index (Phi) is 4.44. The van der Waals surface area contributed by atoms with Crippen molar-refractivity contribution in [1.29, 1.82) is 0 Å². The van der Waals surface area contributed by atoms with Crippen molar-refractivity contribution >= 4 is 29.1 Å². The minimum Gasteiger partial charge on any atom is -0.463 e. The van der Waals surface area contributed by atoms with E-state index >= 15 is 0 Å². The van der Waals surface area contributed by atoms with Gasteiger partial charge in [-0.1, -0.05) is 48.0 Å². The van der Waals surface area contributed by atoms with Gasteiger partial charge in [0, 0.05) is 27.8 Å². The zero-order chi connectivity index (χ0) is 19.1. The molecular formula is C22H18ClNO3. The topological polar surface area (TPSA) is 55.7 Å². The molecular weight excluding hydrogens is 362 g/mol. The number of nitrogens with zero attached hydrogens (tertiary/aromatic N) is 1. The third kappa shape index (κ3) is 2.81. The molecule has 1 aliphatic carbocycles. The molecule has 1 heterocycles. The Labute approximate surface area is 162 Å². The lowest BCUT2D eigenvalue weighted by Gasteiger charge is -2.30. The van der Waals surface area contributed by atoms with Crippen molar-refractivity contribution in [3.63, 3.8) is 0 Å². The lowest BCUT2D eigenvalue weighted by atomic mass is 9.75. The van der Waals surface area contributed by atoms with Gasteiger partial charge in [0.1, 0.15) is 0 Å². The van der Waals surface area contributed by atoms with Gasteiger partial charge in [0.2, 0.25) is 0 Å². The van der Waals surface area contributed by atoms with Crippen LogP contribution in [-0.2, 0) is 9.53 Å². The van der Waals surface area contributed by atoms with Crippen molar-refractivity contribution in [2.75, 3.05) is 6.61 Å². The van der Waals surface area contributed by atoms with Crippen molar-refractivity contribution in [1.82, 2.24) is 0 Å². The highest BCUT2D eigenvalue weighted by Gasteiger charge is 2.47. The number of aliphatic imine (C=N–C) groups is 1. The largest absolute Gasteiger partial charge is 0.463 e. The first-order valence-electron chi connectivity index (χ1n) is 8.88. The number of carbonyl (C=O) groups excluding carboxylic acids is 2. The van der Waals surface area contributed by atoms with Crippen molar-refractivity contribution in [2.24, 2.45) is 10.9 Å². The number of carbonyl (C=O) groups is 2. The Hall–Kier alpha value is -2.72. The standard InChI is InChI=1S/C22H18ClNO3/c1-3-27-22(26)17-12(2)24-20-15-6-4-5-7-16(15)21(25)19(20)18(17)13-8-10-14(23)11-9-13/h4-11,18-19H,3H2,1-2H3/t18-,19-/m0/s1. The average molecular weight is 380 g/mol. The van der Waals surface area contributed by atoms with E-state index in [0.29, 0.717) is 21.9 Å². The summed E-state index contributed by atoms with van der Waals surface area (Å²) >= 11 is 6.05. The maximum Gasteiger partial charge on any atom is 0.336 e. The van der Waals surface area contributed by atoms with Gasteiger partial charge >= 0.3 is 5.97 Å². The molecule has 0 spiro atoms. The van der Waals surface area contributed by atoms with Crippen LogP contribution in [0, 0.1) is 5.92 Å². The normalized spacial score (nSPS) is 20.9. The summed E-state index contributed by atoms with van der Waals surface area (Å²) in [5.41, 5.74) is 4.09. The zero-order valence-corrected chi connectivity index (χ0v) is 15.8. The SMILES string of the molecule is CCOC(=O)C1=C(C)N=C2c3ccccc3C(=O)[C@H]2[C@H]1c1ccc(Cl)cc1. The van der Waals surface area contributed by atoms with Crippen LogP contribution in [0.3, 0.4) is 0 Å². The molecule has 5 heteroatoms. The maximum absolute atomic E-state index is 13.2. The molecule has 0 N–H and O–H groups in total. The Morgan fingerprint density at radius 2 is 1.74 bits per heavy atom. The van der Waals surface area contributed by atoms with Crippen molar-refractivity contribution < 1.29 is 14.3 Å². The second-order valence-corrected chi connectivity index (χ2v) is 7.07. The van der Waals surface area contributed by atoms with Gasteiger partial charge in [0.05, 0.1) is 23.8 Å². The first-order chi connectivity index (χ1) is 13.0. The summed E-state index contributed by atoms with van der Waals surface area (Å²) < 4.78 is 5.28. The first-order valence-corrected chi connectivity index (χ1v) is 9.26. The van der Waals surface area contributed by atoms with Crippen LogP contribution in [0.25, 0.3) is 0 Å². The van der Waals surface area contributed by atoms with Gasteiger partial charge in [-0.05, 0) is 31.5 Å². The fourth-order valence-corrected chi connectivity index (χ4v) is 4.09. The molecule has 0 aromatic heterocycles. The number of esters is 1. The lowest BCUT2D eigenvalue weighted by Crippen LogP contribution is -2.32. The molecule has 0 saturated heterocycles. The van der Waals surface area contributed by atoms with Crippen LogP contribution in [0.15, 0.2) is 64.8 Å². The number of rotatable bonds is 3. The number of halogens is 1. The number of hydrogen-bond donors (Lipinski definition) is 0. The van der Waals surface area contributed by atoms with E-state index in [2.05, 4.69) is 4.99 Å². The number of ketones is 1. The number of hydrogen-bond acceptors (Lipinski definition) is 4. The van der Waals surface area contributed by atoms with E-state index in [9.17, 15) is 9.59 Å². The molecule has 136 valence electrons. The van der Waals surface area contributed by atoms with E-state index in [-0.39, 0.29) is 12.4 Å². The van der Waals surface area contributed by atoms with Gasteiger partial charge in [-0.3, -0.25) is 9.79 Å². The van der Waals surface area contributed by atoms with Crippen LogP contribution in [0.1, 0.15) is 41.3 Å². The van der Waals surface area contributed by atoms with Crippen LogP contribution < -0.4 is 0 Å². The van der Waals surface area contributed by atoms with Gasteiger partial charge in [-0.25, -0.2) is 4.79 Å². The Bertz CT molecular complexity index is 1000. The molecule has 0 radical (unpaired) electrons. The second-order valence-electron chi connectivity index (χ2n) is 6.63. The molecule has 0 unspecified atom stereocenters. The molecule has 1 aliphatic heterocycles. The van der Waals surface area contributed by atoms with Gasteiger partial charge in [-0.2, -0.15) is 0 Å². The van der Waals surface area contributed by atoms with E-state index in [4.69, 9.17) is 16.3 Å². The summed E-state index contributed by atoms with van der Waals surface area (Å²) in [7, 11) is 0. The van der Waals surface area contributed by atoms with Gasteiger partial charge in [0.15, 0.2) is 5.78 Å². The Balaban J connectivity index is 1.93. The average Bonchev–Trinajstić information content (AvgIpc) is 2.94. The predicted molar refractivity (Wildman–Crippen MR) is 104 cm³/mol. The van der Waals surface area contributed by atoms with E-state index in [0.717, 1.165) is 16.8 Å². The molecule has 2 aromatic carbocycles. The number of Topliss-reactive ketones (excluding diaryl/α,β-unsaturated/α-hetero) is 1. The number of allylic oxidation sites excluding steroid dienone is 1. The van der Waals surface area contributed by atoms with E-state index in [1.165, 1.54) is 0 Å². The van der Waals surface area contributed by atoms with Crippen molar-refractivity contribution in [2.45, 2.75) is 19.8 Å². The van der Waals surface area contributed by atoms with E-state index in [1.807, 2.05) is 36.4 Å². The summed E-state index contributed by atoms with van der Waals surface area (Å²) in [5, 5.41) is 0.600. The molecule has 2 aliphatic rings. The monoisotopic (exact) mass is 379 g/mol. The molecule has 2 aromatic rings. The molecule has 0 fully saturated rings. The summed E-state index contributed by atoms with van der Waals surface area (Å²) in [5.74, 6) is -1.43. The fraction of sp³-hybridized carbons (Fsp3) is 0.227. The van der Waals surface area contributed by atoms with Crippen molar-refractivity contribution in [3.05, 3.63) is 81.5 Å². The molecule has 4 rings (SSSR count). The summed E-state index contributed by atoms with van der Waals surface area (Å²) in [6.45, 7) is 3.82. The summed E-state index contributed by atoms with van der Waals surface area (Å²) in [4.78, 5) is 30.6.